The van der Waals surface area contributed by atoms with Crippen molar-refractivity contribution < 1.29 is 27.3 Å². The van der Waals surface area contributed by atoms with E-state index in [1.165, 1.54) is 26.8 Å². The summed E-state index contributed by atoms with van der Waals surface area (Å²) in [6.07, 6.45) is 0. The van der Waals surface area contributed by atoms with Gasteiger partial charge in [-0.1, -0.05) is 5.16 Å². The van der Waals surface area contributed by atoms with Gasteiger partial charge in [0.05, 0.1) is 6.54 Å². The molecule has 0 fully saturated rings. The second-order valence-corrected chi connectivity index (χ2v) is 6.17. The van der Waals surface area contributed by atoms with E-state index in [2.05, 4.69) is 9.88 Å². The molecule has 2 aromatic heterocycles. The first-order valence-electron chi connectivity index (χ1n) is 5.97. The van der Waals surface area contributed by atoms with E-state index in [9.17, 15) is 13.2 Å². The number of furan rings is 1. The van der Waals surface area contributed by atoms with E-state index < -0.39 is 16.0 Å². The average molecular weight is 314 g/mol. The molecule has 0 aliphatic rings. The predicted octanol–water partition coefficient (Wildman–Crippen LogP) is 1.37. The lowest BCUT2D eigenvalue weighted by Gasteiger charge is -2.04. The van der Waals surface area contributed by atoms with Crippen LogP contribution in [-0.4, -0.2) is 24.7 Å². The van der Waals surface area contributed by atoms with Crippen LogP contribution in [0.25, 0.3) is 0 Å². The third-order valence-corrected chi connectivity index (χ3v) is 4.52. The van der Waals surface area contributed by atoms with E-state index >= 15 is 0 Å². The fourth-order valence-electron chi connectivity index (χ4n) is 1.94. The highest BCUT2D eigenvalue weighted by molar-refractivity contribution is 7.89. The van der Waals surface area contributed by atoms with Crippen molar-refractivity contribution in [3.63, 3.8) is 0 Å². The average Bonchev–Trinajstić information content (AvgIpc) is 2.91. The summed E-state index contributed by atoms with van der Waals surface area (Å²) in [6, 6.07) is 1.29. The molecule has 0 bridgehead atoms. The Balaban J connectivity index is 2.20. The van der Waals surface area contributed by atoms with Crippen LogP contribution in [0.4, 0.5) is 0 Å². The number of carbonyl (C=O) groups is 1. The zero-order valence-electron chi connectivity index (χ0n) is 11.6. The molecule has 2 heterocycles. The second kappa shape index (κ2) is 5.34. The number of aromatic carboxylic acids is 1. The highest BCUT2D eigenvalue weighted by Crippen LogP contribution is 2.20. The number of carboxylic acid groups (broad SMARTS) is 1. The summed E-state index contributed by atoms with van der Waals surface area (Å²) in [7, 11) is -3.81. The summed E-state index contributed by atoms with van der Waals surface area (Å²) in [5.41, 5.74) is 0.253. The van der Waals surface area contributed by atoms with Crippen molar-refractivity contribution in [3.05, 3.63) is 34.6 Å². The third kappa shape index (κ3) is 2.98. The van der Waals surface area contributed by atoms with Gasteiger partial charge in [-0.25, -0.2) is 17.9 Å². The molecule has 0 radical (unpaired) electrons. The fraction of sp³-hybridized carbons (Fsp3) is 0.333. The number of aromatic nitrogens is 1. The van der Waals surface area contributed by atoms with Crippen molar-refractivity contribution in [2.75, 3.05) is 0 Å². The van der Waals surface area contributed by atoms with Gasteiger partial charge in [-0.2, -0.15) is 0 Å². The molecule has 0 unspecified atom stereocenters. The first-order valence-corrected chi connectivity index (χ1v) is 7.46. The molecule has 0 saturated heterocycles. The third-order valence-electron chi connectivity index (χ3n) is 2.87. The molecule has 0 atom stereocenters. The minimum absolute atomic E-state index is 0.00142. The van der Waals surface area contributed by atoms with Crippen molar-refractivity contribution in [1.29, 1.82) is 0 Å². The van der Waals surface area contributed by atoms with Gasteiger partial charge < -0.3 is 14.0 Å². The van der Waals surface area contributed by atoms with Gasteiger partial charge in [0, 0.05) is 0 Å². The molecule has 2 N–H and O–H groups in total. The zero-order chi connectivity index (χ0) is 15.8. The molecular formula is C12H14N2O6S. The first-order chi connectivity index (χ1) is 9.72. The maximum absolute atomic E-state index is 12.2. The van der Waals surface area contributed by atoms with Gasteiger partial charge in [0.1, 0.15) is 27.7 Å². The summed E-state index contributed by atoms with van der Waals surface area (Å²) in [6.45, 7) is 4.34. The number of carboxylic acids is 1. The van der Waals surface area contributed by atoms with Crippen molar-refractivity contribution in [2.24, 2.45) is 0 Å². The van der Waals surface area contributed by atoms with Crippen LogP contribution >= 0.6 is 0 Å². The van der Waals surface area contributed by atoms with Gasteiger partial charge in [0.2, 0.25) is 10.0 Å². The Hall–Kier alpha value is -2.13. The van der Waals surface area contributed by atoms with E-state index in [-0.39, 0.29) is 40.0 Å². The number of nitrogens with one attached hydrogen (secondary N) is 1. The number of hydrogen-bond donors (Lipinski definition) is 2. The van der Waals surface area contributed by atoms with Crippen LogP contribution in [0.2, 0.25) is 0 Å². The Bertz CT molecular complexity index is 767. The molecule has 0 saturated carbocycles. The van der Waals surface area contributed by atoms with Gasteiger partial charge >= 0.3 is 5.97 Å². The Kier molecular flexibility index (Phi) is 3.88. The molecule has 114 valence electrons. The lowest BCUT2D eigenvalue weighted by Crippen LogP contribution is -2.24. The maximum Gasteiger partial charge on any atom is 0.339 e. The summed E-state index contributed by atoms with van der Waals surface area (Å²) < 4.78 is 36.7. The molecule has 21 heavy (non-hydrogen) atoms. The van der Waals surface area contributed by atoms with Crippen molar-refractivity contribution in [3.8, 4) is 0 Å². The van der Waals surface area contributed by atoms with E-state index in [1.807, 2.05) is 0 Å². The van der Waals surface area contributed by atoms with Crippen LogP contribution in [0, 0.1) is 20.8 Å². The molecule has 0 aliphatic carbocycles. The van der Waals surface area contributed by atoms with Crippen molar-refractivity contribution in [2.45, 2.75) is 32.2 Å². The van der Waals surface area contributed by atoms with Crippen molar-refractivity contribution in [1.82, 2.24) is 9.88 Å². The highest BCUT2D eigenvalue weighted by atomic mass is 32.2. The van der Waals surface area contributed by atoms with E-state index in [4.69, 9.17) is 14.0 Å². The quantitative estimate of drug-likeness (QED) is 0.854. The van der Waals surface area contributed by atoms with Gasteiger partial charge in [-0.05, 0) is 26.8 Å². The first kappa shape index (κ1) is 15.3. The van der Waals surface area contributed by atoms with Crippen LogP contribution in [0.3, 0.4) is 0 Å². The van der Waals surface area contributed by atoms with E-state index in [1.54, 1.807) is 0 Å². The summed E-state index contributed by atoms with van der Waals surface area (Å²) in [5, 5.41) is 12.5. The van der Waals surface area contributed by atoms with E-state index in [0.717, 1.165) is 0 Å². The SMILES string of the molecule is Cc1noc(C)c1S(=O)(=O)NCc1cc(C(=O)O)c(C)o1. The van der Waals surface area contributed by atoms with Crippen LogP contribution in [-0.2, 0) is 16.6 Å². The Morgan fingerprint density at radius 3 is 2.48 bits per heavy atom. The smallest absolute Gasteiger partial charge is 0.339 e. The Morgan fingerprint density at radius 1 is 1.33 bits per heavy atom. The largest absolute Gasteiger partial charge is 0.478 e. The van der Waals surface area contributed by atoms with E-state index in [0.29, 0.717) is 0 Å². The molecule has 0 spiro atoms. The molecular weight excluding hydrogens is 300 g/mol. The molecule has 8 nitrogen and oxygen atoms in total. The number of rotatable bonds is 5. The summed E-state index contributed by atoms with van der Waals surface area (Å²) >= 11 is 0. The minimum Gasteiger partial charge on any atom is -0.478 e. The molecule has 2 rings (SSSR count). The number of aryl methyl sites for hydroxylation is 3. The fourth-order valence-corrected chi connectivity index (χ4v) is 3.26. The Labute approximate surface area is 120 Å². The van der Waals surface area contributed by atoms with Crippen LogP contribution in [0.15, 0.2) is 19.9 Å². The molecule has 0 aliphatic heterocycles. The summed E-state index contributed by atoms with van der Waals surface area (Å²) in [4.78, 5) is 10.9. The maximum atomic E-state index is 12.2. The Morgan fingerprint density at radius 2 is 2.00 bits per heavy atom. The van der Waals surface area contributed by atoms with Gasteiger partial charge in [-0.15, -0.1) is 0 Å². The number of nitrogens with zero attached hydrogens (tertiary/aromatic N) is 1. The van der Waals surface area contributed by atoms with Gasteiger partial charge in [0.25, 0.3) is 0 Å². The van der Waals surface area contributed by atoms with Crippen molar-refractivity contribution >= 4 is 16.0 Å². The number of sulfonamides is 1. The number of hydrogen-bond acceptors (Lipinski definition) is 6. The summed E-state index contributed by atoms with van der Waals surface area (Å²) in [5.74, 6) is -0.521. The molecule has 0 aromatic carbocycles. The molecule has 0 amide bonds. The van der Waals surface area contributed by atoms with Crippen LogP contribution in [0.1, 0.15) is 33.3 Å². The topological polar surface area (TPSA) is 123 Å². The highest BCUT2D eigenvalue weighted by Gasteiger charge is 2.24. The lowest BCUT2D eigenvalue weighted by atomic mass is 10.2. The van der Waals surface area contributed by atoms with Gasteiger partial charge in [-0.3, -0.25) is 0 Å². The van der Waals surface area contributed by atoms with Gasteiger partial charge in [0.15, 0.2) is 5.76 Å². The second-order valence-electron chi connectivity index (χ2n) is 4.47. The minimum atomic E-state index is -3.81. The predicted molar refractivity (Wildman–Crippen MR) is 70.4 cm³/mol. The monoisotopic (exact) mass is 314 g/mol. The zero-order valence-corrected chi connectivity index (χ0v) is 12.4. The van der Waals surface area contributed by atoms with Crippen LogP contribution in [0.5, 0.6) is 0 Å². The normalized spacial score (nSPS) is 11.8. The molecule has 9 heteroatoms. The van der Waals surface area contributed by atoms with Crippen LogP contribution < -0.4 is 4.72 Å². The standard InChI is InChI=1S/C12H14N2O6S/c1-6-11(8(3)20-14-6)21(17,18)13-5-9-4-10(12(15)16)7(2)19-9/h4,13H,5H2,1-3H3,(H,15,16). The lowest BCUT2D eigenvalue weighted by molar-refractivity contribution is 0.0695. The molecule has 2 aromatic rings.